The Morgan fingerprint density at radius 3 is 2.73 bits per heavy atom. The van der Waals surface area contributed by atoms with Crippen molar-refractivity contribution in [3.63, 3.8) is 0 Å². The van der Waals surface area contributed by atoms with Crippen molar-refractivity contribution in [2.75, 3.05) is 5.73 Å². The number of rotatable bonds is 1. The van der Waals surface area contributed by atoms with Gasteiger partial charge < -0.3 is 5.73 Å². The number of hydrogen-bond acceptors (Lipinski definition) is 3. The fourth-order valence-electron chi connectivity index (χ4n) is 1.17. The SMILES string of the molecule is Nc1ccnc(-c2ccc(F)cc2Br)n1. The lowest BCUT2D eigenvalue weighted by Crippen LogP contribution is -1.95. The van der Waals surface area contributed by atoms with Crippen molar-refractivity contribution in [1.82, 2.24) is 9.97 Å². The summed E-state index contributed by atoms with van der Waals surface area (Å²) in [5, 5.41) is 0. The lowest BCUT2D eigenvalue weighted by atomic mass is 10.2. The number of nitrogen functional groups attached to an aromatic ring is 1. The van der Waals surface area contributed by atoms with E-state index in [-0.39, 0.29) is 5.82 Å². The molecule has 0 aliphatic rings. The van der Waals surface area contributed by atoms with Crippen LogP contribution >= 0.6 is 15.9 Å². The molecule has 1 heterocycles. The third-order valence-electron chi connectivity index (χ3n) is 1.85. The van der Waals surface area contributed by atoms with Crippen molar-refractivity contribution in [3.05, 3.63) is 40.8 Å². The second kappa shape index (κ2) is 3.94. The largest absolute Gasteiger partial charge is 0.384 e. The fourth-order valence-corrected chi connectivity index (χ4v) is 1.70. The van der Waals surface area contributed by atoms with Gasteiger partial charge >= 0.3 is 0 Å². The molecule has 0 spiro atoms. The number of benzene rings is 1. The molecule has 76 valence electrons. The first-order valence-electron chi connectivity index (χ1n) is 4.21. The van der Waals surface area contributed by atoms with Crippen molar-refractivity contribution in [2.24, 2.45) is 0 Å². The molecule has 0 aliphatic heterocycles. The van der Waals surface area contributed by atoms with Crippen molar-refractivity contribution in [3.8, 4) is 11.4 Å². The van der Waals surface area contributed by atoms with Gasteiger partial charge in [-0.15, -0.1) is 0 Å². The molecule has 0 bridgehead atoms. The number of nitrogens with zero attached hydrogens (tertiary/aromatic N) is 2. The van der Waals surface area contributed by atoms with Crippen LogP contribution in [0.2, 0.25) is 0 Å². The average molecular weight is 268 g/mol. The highest BCUT2D eigenvalue weighted by Crippen LogP contribution is 2.26. The summed E-state index contributed by atoms with van der Waals surface area (Å²) < 4.78 is 13.5. The maximum Gasteiger partial charge on any atom is 0.162 e. The molecule has 1 aromatic carbocycles. The lowest BCUT2D eigenvalue weighted by Gasteiger charge is -2.03. The molecule has 0 unspecified atom stereocenters. The smallest absolute Gasteiger partial charge is 0.162 e. The molecule has 15 heavy (non-hydrogen) atoms. The van der Waals surface area contributed by atoms with Crippen molar-refractivity contribution < 1.29 is 4.39 Å². The molecular formula is C10H7BrFN3. The van der Waals surface area contributed by atoms with Gasteiger partial charge in [0.2, 0.25) is 0 Å². The molecule has 5 heteroatoms. The van der Waals surface area contributed by atoms with Crippen LogP contribution in [0.1, 0.15) is 0 Å². The van der Waals surface area contributed by atoms with Crippen molar-refractivity contribution in [1.29, 1.82) is 0 Å². The van der Waals surface area contributed by atoms with Gasteiger partial charge in [0.1, 0.15) is 11.6 Å². The molecule has 0 saturated carbocycles. The Morgan fingerprint density at radius 1 is 1.27 bits per heavy atom. The van der Waals surface area contributed by atoms with Gasteiger partial charge in [0.15, 0.2) is 5.82 Å². The second-order valence-electron chi connectivity index (χ2n) is 2.93. The lowest BCUT2D eigenvalue weighted by molar-refractivity contribution is 0.627. The molecule has 2 rings (SSSR count). The first-order chi connectivity index (χ1) is 7.16. The minimum absolute atomic E-state index is 0.311. The van der Waals surface area contributed by atoms with E-state index in [4.69, 9.17) is 5.73 Å². The Bertz CT molecular complexity index is 502. The molecule has 0 fully saturated rings. The summed E-state index contributed by atoms with van der Waals surface area (Å²) in [6, 6.07) is 5.92. The summed E-state index contributed by atoms with van der Waals surface area (Å²) >= 11 is 3.25. The standard InChI is InChI=1S/C10H7BrFN3/c11-8-5-6(12)1-2-7(8)10-14-4-3-9(13)15-10/h1-5H,(H2,13,14,15). The molecular weight excluding hydrogens is 261 g/mol. The Morgan fingerprint density at radius 2 is 2.07 bits per heavy atom. The zero-order chi connectivity index (χ0) is 10.8. The molecule has 3 nitrogen and oxygen atoms in total. The van der Waals surface area contributed by atoms with E-state index < -0.39 is 0 Å². The summed E-state index contributed by atoms with van der Waals surface area (Å²) in [5.74, 6) is 0.549. The van der Waals surface area contributed by atoms with Gasteiger partial charge in [-0.05, 0) is 40.2 Å². The van der Waals surface area contributed by atoms with Crippen molar-refractivity contribution >= 4 is 21.7 Å². The van der Waals surface area contributed by atoms with Crippen LogP contribution in [-0.2, 0) is 0 Å². The molecule has 0 radical (unpaired) electrons. The molecule has 0 amide bonds. The Labute approximate surface area is 94.3 Å². The Hall–Kier alpha value is -1.49. The normalized spacial score (nSPS) is 10.3. The number of nitrogens with two attached hydrogens (primary N) is 1. The molecule has 0 saturated heterocycles. The Kier molecular flexibility index (Phi) is 2.64. The van der Waals surface area contributed by atoms with Gasteiger partial charge in [-0.25, -0.2) is 14.4 Å². The van der Waals surface area contributed by atoms with Gasteiger partial charge in [-0.2, -0.15) is 0 Å². The minimum Gasteiger partial charge on any atom is -0.384 e. The van der Waals surface area contributed by atoms with Gasteiger partial charge in [-0.1, -0.05) is 0 Å². The van der Waals surface area contributed by atoms with E-state index >= 15 is 0 Å². The van der Waals surface area contributed by atoms with Gasteiger partial charge in [-0.3, -0.25) is 0 Å². The summed E-state index contributed by atoms with van der Waals surface area (Å²) in [6.45, 7) is 0. The number of halogens is 2. The van der Waals surface area contributed by atoms with Crippen LogP contribution in [0.5, 0.6) is 0 Å². The highest BCUT2D eigenvalue weighted by molar-refractivity contribution is 9.10. The first-order valence-corrected chi connectivity index (χ1v) is 5.00. The summed E-state index contributed by atoms with van der Waals surface area (Å²) in [4.78, 5) is 8.10. The molecule has 2 N–H and O–H groups in total. The predicted octanol–water partition coefficient (Wildman–Crippen LogP) is 2.63. The van der Waals surface area contributed by atoms with Crippen LogP contribution in [-0.4, -0.2) is 9.97 Å². The molecule has 0 atom stereocenters. The number of aromatic nitrogens is 2. The monoisotopic (exact) mass is 267 g/mol. The molecule has 2 aromatic rings. The van der Waals surface area contributed by atoms with Crippen LogP contribution in [0.3, 0.4) is 0 Å². The molecule has 1 aromatic heterocycles. The van der Waals surface area contributed by atoms with Crippen LogP contribution < -0.4 is 5.73 Å². The minimum atomic E-state index is -0.311. The maximum absolute atomic E-state index is 12.8. The van der Waals surface area contributed by atoms with E-state index in [1.54, 1.807) is 18.3 Å². The van der Waals surface area contributed by atoms with Crippen LogP contribution in [0, 0.1) is 5.82 Å². The van der Waals surface area contributed by atoms with E-state index in [2.05, 4.69) is 25.9 Å². The van der Waals surface area contributed by atoms with E-state index in [0.717, 1.165) is 0 Å². The van der Waals surface area contributed by atoms with E-state index in [1.165, 1.54) is 12.1 Å². The van der Waals surface area contributed by atoms with Gasteiger partial charge in [0.05, 0.1) is 0 Å². The van der Waals surface area contributed by atoms with Crippen LogP contribution in [0.15, 0.2) is 34.9 Å². The highest BCUT2D eigenvalue weighted by Gasteiger charge is 2.06. The van der Waals surface area contributed by atoms with Crippen molar-refractivity contribution in [2.45, 2.75) is 0 Å². The summed E-state index contributed by atoms with van der Waals surface area (Å²) in [6.07, 6.45) is 1.56. The second-order valence-corrected chi connectivity index (χ2v) is 3.78. The topological polar surface area (TPSA) is 51.8 Å². The maximum atomic E-state index is 12.8. The first kappa shape index (κ1) is 10.0. The quantitative estimate of drug-likeness (QED) is 0.864. The number of anilines is 1. The van der Waals surface area contributed by atoms with Gasteiger partial charge in [0, 0.05) is 16.2 Å². The fraction of sp³-hybridized carbons (Fsp3) is 0. The van der Waals surface area contributed by atoms with E-state index in [1.807, 2.05) is 0 Å². The zero-order valence-corrected chi connectivity index (χ0v) is 9.20. The summed E-state index contributed by atoms with van der Waals surface area (Å²) in [7, 11) is 0. The third kappa shape index (κ3) is 2.12. The summed E-state index contributed by atoms with van der Waals surface area (Å²) in [5.41, 5.74) is 6.25. The Balaban J connectivity index is 2.54. The average Bonchev–Trinajstić information content (AvgIpc) is 2.17. The van der Waals surface area contributed by atoms with Gasteiger partial charge in [0.25, 0.3) is 0 Å². The predicted molar refractivity (Wildman–Crippen MR) is 59.5 cm³/mol. The zero-order valence-electron chi connectivity index (χ0n) is 7.61. The third-order valence-corrected chi connectivity index (χ3v) is 2.51. The van der Waals surface area contributed by atoms with Crippen LogP contribution in [0.4, 0.5) is 10.2 Å². The molecule has 0 aliphatic carbocycles. The highest BCUT2D eigenvalue weighted by atomic mass is 79.9. The van der Waals surface area contributed by atoms with E-state index in [0.29, 0.717) is 21.7 Å². The number of hydrogen-bond donors (Lipinski definition) is 1. The van der Waals surface area contributed by atoms with E-state index in [9.17, 15) is 4.39 Å². The van der Waals surface area contributed by atoms with Crippen LogP contribution in [0.25, 0.3) is 11.4 Å².